The molecule has 0 unspecified atom stereocenters. The summed E-state index contributed by atoms with van der Waals surface area (Å²) in [4.78, 5) is 16.4. The topological polar surface area (TPSA) is 81.9 Å². The lowest BCUT2D eigenvalue weighted by molar-refractivity contribution is -0.113. The number of ether oxygens (including phenoxy) is 1. The Bertz CT molecular complexity index is 965. The molecule has 0 saturated heterocycles. The van der Waals surface area contributed by atoms with Crippen LogP contribution in [-0.2, 0) is 16.1 Å². The number of aromatic nitrogens is 4. The van der Waals surface area contributed by atoms with Crippen LogP contribution in [0.2, 0.25) is 5.02 Å². The van der Waals surface area contributed by atoms with Crippen molar-refractivity contribution in [2.75, 3.05) is 24.8 Å². The number of benzene rings is 1. The highest BCUT2D eigenvalue weighted by Crippen LogP contribution is 2.25. The SMILES string of the molecule is COCCCn1c(SCC(=O)Nc2ccc(C)c(Cl)c2)nnc1-c1ccncc1. The normalized spacial score (nSPS) is 10.9. The van der Waals surface area contributed by atoms with Crippen LogP contribution in [0, 0.1) is 6.92 Å². The molecule has 29 heavy (non-hydrogen) atoms. The van der Waals surface area contributed by atoms with Gasteiger partial charge in [-0.2, -0.15) is 0 Å². The van der Waals surface area contributed by atoms with Gasteiger partial charge in [-0.3, -0.25) is 9.78 Å². The summed E-state index contributed by atoms with van der Waals surface area (Å²) in [5, 5.41) is 12.8. The van der Waals surface area contributed by atoms with Crippen molar-refractivity contribution in [2.24, 2.45) is 0 Å². The van der Waals surface area contributed by atoms with Gasteiger partial charge in [-0.05, 0) is 43.2 Å². The average molecular weight is 432 g/mol. The number of rotatable bonds is 9. The number of nitrogens with zero attached hydrogens (tertiary/aromatic N) is 4. The quantitative estimate of drug-likeness (QED) is 0.406. The molecule has 3 aromatic rings. The monoisotopic (exact) mass is 431 g/mol. The van der Waals surface area contributed by atoms with Crippen LogP contribution in [0.4, 0.5) is 5.69 Å². The van der Waals surface area contributed by atoms with Crippen molar-refractivity contribution in [3.8, 4) is 11.4 Å². The fraction of sp³-hybridized carbons (Fsp3) is 0.300. The number of amides is 1. The lowest BCUT2D eigenvalue weighted by atomic mass is 10.2. The zero-order chi connectivity index (χ0) is 20.6. The van der Waals surface area contributed by atoms with Crippen molar-refractivity contribution >= 4 is 35.0 Å². The maximum Gasteiger partial charge on any atom is 0.234 e. The Kier molecular flexibility index (Phi) is 7.62. The number of halogens is 1. The summed E-state index contributed by atoms with van der Waals surface area (Å²) in [6, 6.07) is 9.23. The van der Waals surface area contributed by atoms with Crippen LogP contribution in [0.1, 0.15) is 12.0 Å². The molecule has 0 atom stereocenters. The molecule has 0 aliphatic heterocycles. The molecule has 0 radical (unpaired) electrons. The van der Waals surface area contributed by atoms with Gasteiger partial charge >= 0.3 is 0 Å². The molecule has 2 aromatic heterocycles. The molecular formula is C20H22ClN5O2S. The molecule has 0 saturated carbocycles. The first kappa shape index (κ1) is 21.3. The molecule has 1 N–H and O–H groups in total. The van der Waals surface area contributed by atoms with Crippen molar-refractivity contribution in [1.29, 1.82) is 0 Å². The Hall–Kier alpha value is -2.42. The van der Waals surface area contributed by atoms with Crippen molar-refractivity contribution in [1.82, 2.24) is 19.7 Å². The Balaban J connectivity index is 1.69. The van der Waals surface area contributed by atoms with Gasteiger partial charge in [-0.1, -0.05) is 29.4 Å². The zero-order valence-corrected chi connectivity index (χ0v) is 17.8. The predicted octanol–water partition coefficient (Wildman–Crippen LogP) is 4.07. The standard InChI is InChI=1S/C20H22ClN5O2S/c1-14-4-5-16(12-17(14)21)23-18(27)13-29-20-25-24-19(15-6-8-22-9-7-15)26(20)10-3-11-28-2/h4-9,12H,3,10-11,13H2,1-2H3,(H,23,27). The largest absolute Gasteiger partial charge is 0.385 e. The van der Waals surface area contributed by atoms with Crippen LogP contribution in [0.5, 0.6) is 0 Å². The van der Waals surface area contributed by atoms with Crippen LogP contribution in [-0.4, -0.2) is 45.1 Å². The number of thioether (sulfide) groups is 1. The predicted molar refractivity (Wildman–Crippen MR) is 115 cm³/mol. The van der Waals surface area contributed by atoms with Crippen LogP contribution < -0.4 is 5.32 Å². The summed E-state index contributed by atoms with van der Waals surface area (Å²) in [5.41, 5.74) is 2.56. The number of anilines is 1. The van der Waals surface area contributed by atoms with Gasteiger partial charge in [-0.25, -0.2) is 0 Å². The number of methoxy groups -OCH3 is 1. The maximum absolute atomic E-state index is 12.4. The molecule has 0 spiro atoms. The third-order valence-electron chi connectivity index (χ3n) is 4.17. The van der Waals surface area contributed by atoms with Gasteiger partial charge in [0.25, 0.3) is 0 Å². The van der Waals surface area contributed by atoms with E-state index in [2.05, 4.69) is 20.5 Å². The second kappa shape index (κ2) is 10.4. The fourth-order valence-electron chi connectivity index (χ4n) is 2.68. The minimum Gasteiger partial charge on any atom is -0.385 e. The van der Waals surface area contributed by atoms with E-state index in [1.807, 2.05) is 35.8 Å². The van der Waals surface area contributed by atoms with E-state index < -0.39 is 0 Å². The lowest BCUT2D eigenvalue weighted by Gasteiger charge is -2.10. The molecule has 1 aromatic carbocycles. The summed E-state index contributed by atoms with van der Waals surface area (Å²) >= 11 is 7.46. The number of pyridine rings is 1. The molecule has 0 aliphatic rings. The van der Waals surface area contributed by atoms with Gasteiger partial charge in [0.2, 0.25) is 5.91 Å². The summed E-state index contributed by atoms with van der Waals surface area (Å²) in [7, 11) is 1.67. The van der Waals surface area contributed by atoms with Gasteiger partial charge in [-0.15, -0.1) is 10.2 Å². The third kappa shape index (κ3) is 5.79. The highest BCUT2D eigenvalue weighted by atomic mass is 35.5. The van der Waals surface area contributed by atoms with Gasteiger partial charge in [0.05, 0.1) is 5.75 Å². The number of hydrogen-bond acceptors (Lipinski definition) is 6. The molecule has 1 amide bonds. The molecule has 2 heterocycles. The fourth-order valence-corrected chi connectivity index (χ4v) is 3.62. The number of nitrogens with one attached hydrogen (secondary N) is 1. The molecule has 152 valence electrons. The van der Waals surface area contributed by atoms with E-state index in [4.69, 9.17) is 16.3 Å². The highest BCUT2D eigenvalue weighted by Gasteiger charge is 2.16. The van der Waals surface area contributed by atoms with E-state index in [9.17, 15) is 4.79 Å². The summed E-state index contributed by atoms with van der Waals surface area (Å²) in [6.07, 6.45) is 4.25. The summed E-state index contributed by atoms with van der Waals surface area (Å²) < 4.78 is 7.17. The zero-order valence-electron chi connectivity index (χ0n) is 16.3. The van der Waals surface area contributed by atoms with E-state index in [0.717, 1.165) is 23.4 Å². The molecule has 7 nitrogen and oxygen atoms in total. The first-order valence-electron chi connectivity index (χ1n) is 9.10. The minimum atomic E-state index is -0.133. The maximum atomic E-state index is 12.4. The lowest BCUT2D eigenvalue weighted by Crippen LogP contribution is -2.15. The second-order valence-corrected chi connectivity index (χ2v) is 7.69. The number of carbonyl (C=O) groups is 1. The molecule has 0 bridgehead atoms. The molecule has 0 aliphatic carbocycles. The van der Waals surface area contributed by atoms with E-state index in [0.29, 0.717) is 29.0 Å². The van der Waals surface area contributed by atoms with Crippen LogP contribution in [0.15, 0.2) is 47.9 Å². The average Bonchev–Trinajstić information content (AvgIpc) is 3.13. The summed E-state index contributed by atoms with van der Waals surface area (Å²) in [5.74, 6) is 0.827. The Morgan fingerprint density at radius 1 is 1.24 bits per heavy atom. The smallest absolute Gasteiger partial charge is 0.234 e. The van der Waals surface area contributed by atoms with Crippen molar-refractivity contribution in [3.05, 3.63) is 53.3 Å². The third-order valence-corrected chi connectivity index (χ3v) is 5.55. The molecular weight excluding hydrogens is 410 g/mol. The Morgan fingerprint density at radius 3 is 2.76 bits per heavy atom. The Labute approximate surface area is 178 Å². The van der Waals surface area contributed by atoms with Crippen molar-refractivity contribution < 1.29 is 9.53 Å². The van der Waals surface area contributed by atoms with Gasteiger partial charge in [0.15, 0.2) is 11.0 Å². The molecule has 3 rings (SSSR count). The van der Waals surface area contributed by atoms with Gasteiger partial charge < -0.3 is 14.6 Å². The van der Waals surface area contributed by atoms with Crippen molar-refractivity contribution in [3.63, 3.8) is 0 Å². The van der Waals surface area contributed by atoms with Crippen LogP contribution in [0.25, 0.3) is 11.4 Å². The minimum absolute atomic E-state index is 0.133. The molecule has 0 fully saturated rings. The number of carbonyl (C=O) groups excluding carboxylic acids is 1. The van der Waals surface area contributed by atoms with Crippen LogP contribution in [0.3, 0.4) is 0 Å². The van der Waals surface area contributed by atoms with E-state index in [1.165, 1.54) is 11.8 Å². The van der Waals surface area contributed by atoms with E-state index in [-0.39, 0.29) is 11.7 Å². The summed E-state index contributed by atoms with van der Waals surface area (Å²) in [6.45, 7) is 3.24. The van der Waals surface area contributed by atoms with Gasteiger partial charge in [0.1, 0.15) is 0 Å². The Morgan fingerprint density at radius 2 is 2.03 bits per heavy atom. The van der Waals surface area contributed by atoms with Gasteiger partial charge in [0, 0.05) is 48.9 Å². The van der Waals surface area contributed by atoms with E-state index in [1.54, 1.807) is 25.6 Å². The molecule has 9 heteroatoms. The first-order valence-corrected chi connectivity index (χ1v) is 10.5. The second-order valence-electron chi connectivity index (χ2n) is 6.34. The highest BCUT2D eigenvalue weighted by molar-refractivity contribution is 7.99. The van der Waals surface area contributed by atoms with Crippen LogP contribution >= 0.6 is 23.4 Å². The number of hydrogen-bond donors (Lipinski definition) is 1. The number of aryl methyl sites for hydroxylation is 1. The van der Waals surface area contributed by atoms with E-state index >= 15 is 0 Å². The van der Waals surface area contributed by atoms with Crippen molar-refractivity contribution in [2.45, 2.75) is 25.0 Å². The first-order chi connectivity index (χ1) is 14.1.